The summed E-state index contributed by atoms with van der Waals surface area (Å²) in [5.41, 5.74) is 0. The minimum absolute atomic E-state index is 0.161. The average molecular weight is 191 g/mol. The van der Waals surface area contributed by atoms with E-state index in [0.717, 1.165) is 17.9 Å². The molecular formula is C8H17NO2S. The van der Waals surface area contributed by atoms with Gasteiger partial charge in [-0.3, -0.25) is 4.79 Å². The molecule has 0 aliphatic carbocycles. The van der Waals surface area contributed by atoms with E-state index in [4.69, 9.17) is 0 Å². The fourth-order valence-electron chi connectivity index (χ4n) is 0.757. The molecule has 72 valence electrons. The van der Waals surface area contributed by atoms with Gasteiger partial charge < -0.3 is 10.1 Å². The van der Waals surface area contributed by atoms with Crippen molar-refractivity contribution in [2.24, 2.45) is 0 Å². The Morgan fingerprint density at radius 3 is 2.75 bits per heavy atom. The molecule has 0 aromatic heterocycles. The van der Waals surface area contributed by atoms with Gasteiger partial charge in [0.1, 0.15) is 6.04 Å². The summed E-state index contributed by atoms with van der Waals surface area (Å²) in [6.45, 7) is 2.12. The van der Waals surface area contributed by atoms with Crippen molar-refractivity contribution >= 4 is 17.7 Å². The summed E-state index contributed by atoms with van der Waals surface area (Å²) >= 11 is 1.77. The lowest BCUT2D eigenvalue weighted by Gasteiger charge is -2.12. The molecule has 0 heterocycles. The van der Waals surface area contributed by atoms with E-state index in [-0.39, 0.29) is 12.0 Å². The lowest BCUT2D eigenvalue weighted by molar-refractivity contribution is -0.142. The monoisotopic (exact) mass is 191 g/mol. The van der Waals surface area contributed by atoms with Crippen LogP contribution in [0.4, 0.5) is 0 Å². The third-order valence-corrected chi connectivity index (χ3v) is 2.73. The van der Waals surface area contributed by atoms with Gasteiger partial charge in [0.05, 0.1) is 7.11 Å². The van der Waals surface area contributed by atoms with Crippen molar-refractivity contribution < 1.29 is 9.53 Å². The van der Waals surface area contributed by atoms with Crippen LogP contribution in [0.15, 0.2) is 0 Å². The second-order valence-corrected chi connectivity index (χ2v) is 3.59. The summed E-state index contributed by atoms with van der Waals surface area (Å²) in [6.07, 6.45) is 1.14. The van der Waals surface area contributed by atoms with E-state index in [0.29, 0.717) is 0 Å². The average Bonchev–Trinajstić information content (AvgIpc) is 2.11. The fourth-order valence-corrected chi connectivity index (χ4v) is 1.75. The molecule has 1 unspecified atom stereocenters. The first kappa shape index (κ1) is 11.8. The third kappa shape index (κ3) is 4.62. The summed E-state index contributed by atoms with van der Waals surface area (Å²) in [5.74, 6) is 1.70. The highest BCUT2D eigenvalue weighted by Crippen LogP contribution is 2.05. The van der Waals surface area contributed by atoms with E-state index in [1.54, 1.807) is 18.8 Å². The Labute approximate surface area is 78.2 Å². The van der Waals surface area contributed by atoms with Gasteiger partial charge in [0.15, 0.2) is 0 Å². The smallest absolute Gasteiger partial charge is 0.323 e. The molecule has 0 fully saturated rings. The lowest BCUT2D eigenvalue weighted by Crippen LogP contribution is -2.37. The van der Waals surface area contributed by atoms with Gasteiger partial charge in [-0.05, 0) is 19.2 Å². The molecular weight excluding hydrogens is 174 g/mol. The summed E-state index contributed by atoms with van der Waals surface area (Å²) in [7, 11) is 3.19. The molecule has 4 heteroatoms. The molecule has 0 aliphatic heterocycles. The van der Waals surface area contributed by atoms with Crippen LogP contribution in [0.5, 0.6) is 0 Å². The Bertz CT molecular complexity index is 130. The molecule has 0 amide bonds. The van der Waals surface area contributed by atoms with Gasteiger partial charge in [0.2, 0.25) is 0 Å². The standard InChI is InChI=1S/C8H17NO2S/c1-4-5-12-6-7(9-2)8(10)11-3/h7,9H,4-6H2,1-3H3. The van der Waals surface area contributed by atoms with Crippen LogP contribution >= 0.6 is 11.8 Å². The Kier molecular flexibility index (Phi) is 7.29. The molecule has 1 atom stereocenters. The van der Waals surface area contributed by atoms with Gasteiger partial charge in [-0.25, -0.2) is 0 Å². The zero-order valence-corrected chi connectivity index (χ0v) is 8.74. The molecule has 0 saturated heterocycles. The normalized spacial score (nSPS) is 12.6. The highest BCUT2D eigenvalue weighted by Gasteiger charge is 2.15. The van der Waals surface area contributed by atoms with Crippen molar-refractivity contribution in [3.63, 3.8) is 0 Å². The predicted octanol–water partition coefficient (Wildman–Crippen LogP) is 0.891. The summed E-state index contributed by atoms with van der Waals surface area (Å²) in [6, 6.07) is -0.161. The molecule has 12 heavy (non-hydrogen) atoms. The fraction of sp³-hybridized carbons (Fsp3) is 0.875. The first-order valence-electron chi connectivity index (χ1n) is 4.09. The maximum Gasteiger partial charge on any atom is 0.323 e. The predicted molar refractivity (Wildman–Crippen MR) is 52.5 cm³/mol. The highest BCUT2D eigenvalue weighted by atomic mass is 32.2. The van der Waals surface area contributed by atoms with E-state index >= 15 is 0 Å². The molecule has 0 aliphatic rings. The molecule has 0 rings (SSSR count). The van der Waals surface area contributed by atoms with Crippen LogP contribution < -0.4 is 5.32 Å². The minimum atomic E-state index is -0.180. The maximum atomic E-state index is 11.0. The van der Waals surface area contributed by atoms with Gasteiger partial charge in [-0.1, -0.05) is 6.92 Å². The van der Waals surface area contributed by atoms with Gasteiger partial charge in [-0.2, -0.15) is 11.8 Å². The molecule has 0 bridgehead atoms. The first-order chi connectivity index (χ1) is 5.76. The second kappa shape index (κ2) is 7.43. The van der Waals surface area contributed by atoms with E-state index < -0.39 is 0 Å². The second-order valence-electron chi connectivity index (χ2n) is 2.44. The van der Waals surface area contributed by atoms with E-state index in [1.807, 2.05) is 0 Å². The summed E-state index contributed by atoms with van der Waals surface area (Å²) in [4.78, 5) is 11.0. The van der Waals surface area contributed by atoms with E-state index in [9.17, 15) is 4.79 Å². The minimum Gasteiger partial charge on any atom is -0.468 e. The number of carbonyl (C=O) groups is 1. The van der Waals surface area contributed by atoms with Crippen molar-refractivity contribution in [3.8, 4) is 0 Å². The largest absolute Gasteiger partial charge is 0.468 e. The Hall–Kier alpha value is -0.220. The Morgan fingerprint density at radius 2 is 2.33 bits per heavy atom. The van der Waals surface area contributed by atoms with Crippen molar-refractivity contribution in [2.75, 3.05) is 25.7 Å². The number of ether oxygens (including phenoxy) is 1. The number of methoxy groups -OCH3 is 1. The number of nitrogens with one attached hydrogen (secondary N) is 1. The Morgan fingerprint density at radius 1 is 1.67 bits per heavy atom. The van der Waals surface area contributed by atoms with Gasteiger partial charge >= 0.3 is 5.97 Å². The number of rotatable bonds is 6. The number of likely N-dealkylation sites (N-methyl/N-ethyl adjacent to an activating group) is 1. The Balaban J connectivity index is 3.60. The van der Waals surface area contributed by atoms with Gasteiger partial charge in [0.25, 0.3) is 0 Å². The highest BCUT2D eigenvalue weighted by molar-refractivity contribution is 7.99. The van der Waals surface area contributed by atoms with Crippen LogP contribution in [0.1, 0.15) is 13.3 Å². The molecule has 0 radical (unpaired) electrons. The van der Waals surface area contributed by atoms with Crippen molar-refractivity contribution in [1.82, 2.24) is 5.32 Å². The first-order valence-corrected chi connectivity index (χ1v) is 5.24. The van der Waals surface area contributed by atoms with Crippen LogP contribution in [0.25, 0.3) is 0 Å². The molecule has 3 nitrogen and oxygen atoms in total. The van der Waals surface area contributed by atoms with Crippen LogP contribution in [0.2, 0.25) is 0 Å². The van der Waals surface area contributed by atoms with Crippen LogP contribution in [-0.4, -0.2) is 37.7 Å². The SMILES string of the molecule is CCCSCC(NC)C(=O)OC. The number of hydrogen-bond acceptors (Lipinski definition) is 4. The molecule has 0 saturated carbocycles. The lowest BCUT2D eigenvalue weighted by atomic mass is 10.3. The number of hydrogen-bond donors (Lipinski definition) is 1. The maximum absolute atomic E-state index is 11.0. The van der Waals surface area contributed by atoms with Crippen molar-refractivity contribution in [2.45, 2.75) is 19.4 Å². The number of thioether (sulfide) groups is 1. The van der Waals surface area contributed by atoms with E-state index in [1.165, 1.54) is 7.11 Å². The zero-order valence-electron chi connectivity index (χ0n) is 7.92. The van der Waals surface area contributed by atoms with Crippen molar-refractivity contribution in [1.29, 1.82) is 0 Å². The molecule has 0 aromatic rings. The third-order valence-electron chi connectivity index (χ3n) is 1.47. The van der Waals surface area contributed by atoms with Crippen LogP contribution in [0.3, 0.4) is 0 Å². The zero-order chi connectivity index (χ0) is 9.40. The van der Waals surface area contributed by atoms with Crippen LogP contribution in [-0.2, 0) is 9.53 Å². The van der Waals surface area contributed by atoms with Gasteiger partial charge in [0, 0.05) is 5.75 Å². The molecule has 0 aromatic carbocycles. The molecule has 0 spiro atoms. The van der Waals surface area contributed by atoms with Crippen LogP contribution in [0, 0.1) is 0 Å². The van der Waals surface area contributed by atoms with Crippen molar-refractivity contribution in [3.05, 3.63) is 0 Å². The van der Waals surface area contributed by atoms with Gasteiger partial charge in [-0.15, -0.1) is 0 Å². The summed E-state index contributed by atoms with van der Waals surface area (Å²) < 4.78 is 4.62. The summed E-state index contributed by atoms with van der Waals surface area (Å²) in [5, 5.41) is 2.92. The topological polar surface area (TPSA) is 38.3 Å². The number of carbonyl (C=O) groups excluding carboxylic acids is 1. The number of esters is 1. The van der Waals surface area contributed by atoms with E-state index in [2.05, 4.69) is 17.0 Å². The molecule has 1 N–H and O–H groups in total. The quantitative estimate of drug-likeness (QED) is 0.500.